The molecule has 10 heteroatoms. The fourth-order valence-electron chi connectivity index (χ4n) is 3.20. The molecule has 0 fully saturated rings. The molecule has 142 valence electrons. The number of carbonyl (C=O) groups excluding carboxylic acids is 1. The molecule has 1 amide bonds. The zero-order valence-corrected chi connectivity index (χ0v) is 15.2. The average molecular weight is 399 g/mol. The van der Waals surface area contributed by atoms with E-state index < -0.39 is 14.9 Å². The third-order valence-corrected chi connectivity index (χ3v) is 5.85. The Morgan fingerprint density at radius 2 is 1.93 bits per heavy atom. The number of methoxy groups -OCH3 is 1. The highest BCUT2D eigenvalue weighted by Gasteiger charge is 2.27. The van der Waals surface area contributed by atoms with Gasteiger partial charge < -0.3 is 10.1 Å². The smallest absolute Gasteiger partial charge is 0.312 e. The highest BCUT2D eigenvalue weighted by atomic mass is 32.2. The number of carbonyl (C=O) groups is 1. The van der Waals surface area contributed by atoms with E-state index in [1.807, 2.05) is 0 Å². The number of ether oxygens (including phenoxy) is 1. The summed E-state index contributed by atoms with van der Waals surface area (Å²) in [5.41, 5.74) is 0.585. The van der Waals surface area contributed by atoms with Crippen molar-refractivity contribution in [3.63, 3.8) is 0 Å². The molecule has 0 bridgehead atoms. The second kappa shape index (κ2) is 6.20. The Morgan fingerprint density at radius 3 is 2.64 bits per heavy atom. The number of nitro groups is 1. The Kier molecular flexibility index (Phi) is 3.93. The number of amides is 1. The summed E-state index contributed by atoms with van der Waals surface area (Å²) < 4.78 is 33.2. The SMILES string of the molecule is COc1ccc(NS(=O)(=O)c2ccc3c4c(cccc24)C(=O)N3)cc1[N+](=O)[O-]. The lowest BCUT2D eigenvalue weighted by atomic mass is 10.1. The lowest BCUT2D eigenvalue weighted by molar-refractivity contribution is -0.385. The van der Waals surface area contributed by atoms with E-state index in [0.717, 1.165) is 6.07 Å². The highest BCUT2D eigenvalue weighted by Crippen LogP contribution is 2.37. The van der Waals surface area contributed by atoms with Gasteiger partial charge in [-0.15, -0.1) is 0 Å². The molecule has 9 nitrogen and oxygen atoms in total. The third-order valence-electron chi connectivity index (χ3n) is 4.41. The van der Waals surface area contributed by atoms with Crippen molar-refractivity contribution in [1.82, 2.24) is 0 Å². The molecule has 0 aliphatic carbocycles. The lowest BCUT2D eigenvalue weighted by Crippen LogP contribution is -2.13. The summed E-state index contributed by atoms with van der Waals surface area (Å²) in [7, 11) is -2.79. The van der Waals surface area contributed by atoms with Gasteiger partial charge in [0.25, 0.3) is 15.9 Å². The normalized spacial score (nSPS) is 12.7. The Bertz CT molecular complexity index is 1270. The number of nitrogens with zero attached hydrogens (tertiary/aromatic N) is 1. The molecule has 1 aliphatic rings. The van der Waals surface area contributed by atoms with Crippen LogP contribution in [0, 0.1) is 10.1 Å². The van der Waals surface area contributed by atoms with E-state index >= 15 is 0 Å². The van der Waals surface area contributed by atoms with Crippen LogP contribution in [0.4, 0.5) is 17.1 Å². The number of hydrogen-bond acceptors (Lipinski definition) is 6. The zero-order chi connectivity index (χ0) is 20.1. The minimum Gasteiger partial charge on any atom is -0.490 e. The topological polar surface area (TPSA) is 128 Å². The van der Waals surface area contributed by atoms with Gasteiger partial charge in [0.1, 0.15) is 0 Å². The fraction of sp³-hybridized carbons (Fsp3) is 0.0556. The van der Waals surface area contributed by atoms with E-state index in [0.29, 0.717) is 22.0 Å². The average Bonchev–Trinajstić information content (AvgIpc) is 2.99. The maximum Gasteiger partial charge on any atom is 0.312 e. The van der Waals surface area contributed by atoms with Gasteiger partial charge in [-0.2, -0.15) is 0 Å². The van der Waals surface area contributed by atoms with E-state index in [-0.39, 0.29) is 27.9 Å². The molecule has 0 spiro atoms. The van der Waals surface area contributed by atoms with Gasteiger partial charge in [0, 0.05) is 28.1 Å². The number of hydrogen-bond donors (Lipinski definition) is 2. The van der Waals surface area contributed by atoms with Crippen molar-refractivity contribution in [2.75, 3.05) is 17.1 Å². The summed E-state index contributed by atoms with van der Waals surface area (Å²) in [6.45, 7) is 0. The van der Waals surface area contributed by atoms with Gasteiger partial charge in [0.05, 0.1) is 22.6 Å². The molecular weight excluding hydrogens is 386 g/mol. The van der Waals surface area contributed by atoms with Crippen LogP contribution in [0.1, 0.15) is 10.4 Å². The van der Waals surface area contributed by atoms with Crippen molar-refractivity contribution >= 4 is 43.8 Å². The Labute approximate surface area is 159 Å². The van der Waals surface area contributed by atoms with Crippen LogP contribution in [0.5, 0.6) is 5.75 Å². The second-order valence-corrected chi connectivity index (χ2v) is 7.69. The first-order chi connectivity index (χ1) is 13.3. The number of nitrogens with one attached hydrogen (secondary N) is 2. The predicted molar refractivity (Wildman–Crippen MR) is 102 cm³/mol. The first kappa shape index (κ1) is 17.7. The molecule has 28 heavy (non-hydrogen) atoms. The summed E-state index contributed by atoms with van der Waals surface area (Å²) in [5, 5.41) is 14.8. The quantitative estimate of drug-likeness (QED) is 0.501. The van der Waals surface area contributed by atoms with Crippen molar-refractivity contribution in [3.8, 4) is 5.75 Å². The Balaban J connectivity index is 1.81. The largest absolute Gasteiger partial charge is 0.490 e. The molecule has 3 aromatic rings. The minimum atomic E-state index is -4.08. The molecule has 2 N–H and O–H groups in total. The number of sulfonamides is 1. The number of anilines is 2. The van der Waals surface area contributed by atoms with E-state index in [4.69, 9.17) is 4.74 Å². The molecule has 0 atom stereocenters. The van der Waals surface area contributed by atoms with Gasteiger partial charge >= 0.3 is 5.69 Å². The van der Waals surface area contributed by atoms with Crippen LogP contribution in [-0.2, 0) is 10.0 Å². The summed E-state index contributed by atoms with van der Waals surface area (Å²) in [6.07, 6.45) is 0. The van der Waals surface area contributed by atoms with Gasteiger partial charge in [0.2, 0.25) is 0 Å². The molecule has 1 heterocycles. The monoisotopic (exact) mass is 399 g/mol. The molecule has 0 unspecified atom stereocenters. The maximum absolute atomic E-state index is 13.0. The van der Waals surface area contributed by atoms with E-state index in [2.05, 4.69) is 10.0 Å². The van der Waals surface area contributed by atoms with Crippen LogP contribution < -0.4 is 14.8 Å². The van der Waals surface area contributed by atoms with Crippen molar-refractivity contribution in [2.24, 2.45) is 0 Å². The fourth-order valence-corrected chi connectivity index (χ4v) is 4.46. The van der Waals surface area contributed by atoms with Gasteiger partial charge in [-0.3, -0.25) is 19.6 Å². The molecule has 0 radical (unpaired) electrons. The molecule has 1 aliphatic heterocycles. The van der Waals surface area contributed by atoms with Crippen LogP contribution in [0.25, 0.3) is 10.8 Å². The van der Waals surface area contributed by atoms with Crippen LogP contribution in [-0.4, -0.2) is 26.4 Å². The van der Waals surface area contributed by atoms with Crippen molar-refractivity contribution in [1.29, 1.82) is 0 Å². The van der Waals surface area contributed by atoms with Gasteiger partial charge in [-0.25, -0.2) is 8.42 Å². The van der Waals surface area contributed by atoms with Gasteiger partial charge in [-0.1, -0.05) is 12.1 Å². The summed E-state index contributed by atoms with van der Waals surface area (Å²) in [6, 6.07) is 11.5. The third kappa shape index (κ3) is 2.70. The maximum atomic E-state index is 13.0. The van der Waals surface area contributed by atoms with Crippen molar-refractivity contribution in [2.45, 2.75) is 4.90 Å². The Morgan fingerprint density at radius 1 is 1.14 bits per heavy atom. The van der Waals surface area contributed by atoms with Crippen LogP contribution in [0.3, 0.4) is 0 Å². The molecular formula is C18H13N3O6S. The molecule has 4 rings (SSSR count). The summed E-state index contributed by atoms with van der Waals surface area (Å²) in [4.78, 5) is 22.5. The molecule has 0 aromatic heterocycles. The lowest BCUT2D eigenvalue weighted by Gasteiger charge is -2.12. The zero-order valence-electron chi connectivity index (χ0n) is 14.4. The summed E-state index contributed by atoms with van der Waals surface area (Å²) >= 11 is 0. The molecule has 0 saturated heterocycles. The second-order valence-electron chi connectivity index (χ2n) is 6.04. The molecule has 0 saturated carbocycles. The molecule has 3 aromatic carbocycles. The van der Waals surface area contributed by atoms with Crippen LogP contribution in [0.2, 0.25) is 0 Å². The highest BCUT2D eigenvalue weighted by molar-refractivity contribution is 7.93. The number of benzene rings is 3. The van der Waals surface area contributed by atoms with E-state index in [1.54, 1.807) is 18.2 Å². The van der Waals surface area contributed by atoms with Gasteiger partial charge in [0.15, 0.2) is 5.75 Å². The minimum absolute atomic E-state index is 0.0165. The van der Waals surface area contributed by atoms with E-state index in [9.17, 15) is 23.3 Å². The summed E-state index contributed by atoms with van der Waals surface area (Å²) in [5.74, 6) is -0.281. The van der Waals surface area contributed by atoms with Gasteiger partial charge in [-0.05, 0) is 30.3 Å². The Hall–Kier alpha value is -3.66. The van der Waals surface area contributed by atoms with E-state index in [1.165, 1.54) is 31.4 Å². The van der Waals surface area contributed by atoms with Crippen LogP contribution in [0.15, 0.2) is 53.4 Å². The first-order valence-corrected chi connectivity index (χ1v) is 9.52. The standard InChI is InChI=1S/C18H13N3O6S/c1-27-15-7-5-10(9-14(15)21(23)24)20-28(25,26)16-8-6-13-17-11(16)3-2-4-12(17)18(22)19-13/h2-9,20H,1H3,(H,19,22). The number of nitro benzene ring substituents is 1. The number of rotatable bonds is 5. The first-order valence-electron chi connectivity index (χ1n) is 8.04. The van der Waals surface area contributed by atoms with Crippen molar-refractivity contribution < 1.29 is 22.9 Å². The van der Waals surface area contributed by atoms with Crippen LogP contribution >= 0.6 is 0 Å². The predicted octanol–water partition coefficient (Wildman–Crippen LogP) is 3.12. The van der Waals surface area contributed by atoms with Crippen molar-refractivity contribution in [3.05, 3.63) is 64.2 Å².